The number of aryl methyl sites for hydroxylation is 1. The van der Waals surface area contributed by atoms with E-state index in [1.807, 2.05) is 37.4 Å². The van der Waals surface area contributed by atoms with Gasteiger partial charge in [-0.15, -0.1) is 0 Å². The van der Waals surface area contributed by atoms with E-state index in [0.717, 1.165) is 11.3 Å². The summed E-state index contributed by atoms with van der Waals surface area (Å²) in [4.78, 5) is 11.9. The zero-order chi connectivity index (χ0) is 17.7. The van der Waals surface area contributed by atoms with Crippen molar-refractivity contribution in [2.45, 2.75) is 51.7 Å². The first-order valence-corrected chi connectivity index (χ1v) is 8.29. The van der Waals surface area contributed by atoms with Gasteiger partial charge in [0.2, 0.25) is 5.91 Å². The lowest BCUT2D eigenvalue weighted by Crippen LogP contribution is -2.24. The summed E-state index contributed by atoms with van der Waals surface area (Å²) < 4.78 is 1.73. The number of benzene rings is 1. The quantitative estimate of drug-likeness (QED) is 0.856. The molecule has 2 N–H and O–H groups in total. The van der Waals surface area contributed by atoms with Crippen molar-refractivity contribution in [1.82, 2.24) is 15.1 Å². The van der Waals surface area contributed by atoms with Gasteiger partial charge in [0.05, 0.1) is 18.3 Å². The van der Waals surface area contributed by atoms with Crippen molar-refractivity contribution >= 4 is 5.91 Å². The summed E-state index contributed by atoms with van der Waals surface area (Å²) in [6, 6.07) is 9.84. The van der Waals surface area contributed by atoms with Gasteiger partial charge in [-0.05, 0) is 29.0 Å². The average Bonchev–Trinajstić information content (AvgIpc) is 2.95. The summed E-state index contributed by atoms with van der Waals surface area (Å²) >= 11 is 0. The SMILES string of the molecule is Cn1nccc1CNC(=O)CC[C@@H](O)c1ccc(C(C)(C)C)cc1. The van der Waals surface area contributed by atoms with Crippen LogP contribution in [0.2, 0.25) is 0 Å². The molecule has 0 aliphatic heterocycles. The summed E-state index contributed by atoms with van der Waals surface area (Å²) in [6.45, 7) is 6.92. The third-order valence-corrected chi connectivity index (χ3v) is 4.20. The van der Waals surface area contributed by atoms with Gasteiger partial charge in [-0.2, -0.15) is 5.10 Å². The van der Waals surface area contributed by atoms with Gasteiger partial charge in [0.15, 0.2) is 0 Å². The van der Waals surface area contributed by atoms with Gasteiger partial charge in [0, 0.05) is 19.7 Å². The first-order chi connectivity index (χ1) is 11.3. The highest BCUT2D eigenvalue weighted by atomic mass is 16.3. The largest absolute Gasteiger partial charge is 0.388 e. The van der Waals surface area contributed by atoms with Crippen LogP contribution in [0, 0.1) is 0 Å². The highest BCUT2D eigenvalue weighted by Crippen LogP contribution is 2.25. The number of amides is 1. The van der Waals surface area contributed by atoms with Crippen molar-refractivity contribution < 1.29 is 9.90 Å². The Bertz CT molecular complexity index is 669. The minimum Gasteiger partial charge on any atom is -0.388 e. The zero-order valence-corrected chi connectivity index (χ0v) is 14.9. The molecule has 0 saturated carbocycles. The molecule has 1 heterocycles. The van der Waals surface area contributed by atoms with Crippen LogP contribution in [0.3, 0.4) is 0 Å². The number of hydrogen-bond donors (Lipinski definition) is 2. The molecule has 5 nitrogen and oxygen atoms in total. The van der Waals surface area contributed by atoms with Crippen molar-refractivity contribution in [3.63, 3.8) is 0 Å². The van der Waals surface area contributed by atoms with E-state index in [1.54, 1.807) is 10.9 Å². The first-order valence-electron chi connectivity index (χ1n) is 8.29. The molecule has 1 aromatic heterocycles. The van der Waals surface area contributed by atoms with E-state index in [4.69, 9.17) is 0 Å². The Kier molecular flexibility index (Phi) is 5.78. The van der Waals surface area contributed by atoms with Crippen LogP contribution in [-0.2, 0) is 23.8 Å². The third kappa shape index (κ3) is 4.93. The number of nitrogens with zero attached hydrogens (tertiary/aromatic N) is 2. The minimum absolute atomic E-state index is 0.0680. The Morgan fingerprint density at radius 2 is 1.92 bits per heavy atom. The molecule has 24 heavy (non-hydrogen) atoms. The summed E-state index contributed by atoms with van der Waals surface area (Å²) in [6.07, 6.45) is 1.78. The second-order valence-electron chi connectivity index (χ2n) is 7.15. The van der Waals surface area contributed by atoms with E-state index >= 15 is 0 Å². The van der Waals surface area contributed by atoms with Crippen LogP contribution in [0.1, 0.15) is 56.5 Å². The number of hydrogen-bond acceptors (Lipinski definition) is 3. The van der Waals surface area contributed by atoms with Gasteiger partial charge in [-0.25, -0.2) is 0 Å². The number of aromatic nitrogens is 2. The lowest BCUT2D eigenvalue weighted by Gasteiger charge is -2.20. The van der Waals surface area contributed by atoms with E-state index in [0.29, 0.717) is 19.4 Å². The first kappa shape index (κ1) is 18.2. The van der Waals surface area contributed by atoms with Crippen LogP contribution in [0.25, 0.3) is 0 Å². The molecule has 0 spiro atoms. The topological polar surface area (TPSA) is 67.2 Å². The Balaban J connectivity index is 1.81. The van der Waals surface area contributed by atoms with Crippen molar-refractivity contribution in [3.8, 4) is 0 Å². The molecular weight excluding hydrogens is 302 g/mol. The Labute approximate surface area is 143 Å². The van der Waals surface area contributed by atoms with Gasteiger partial charge in [0.1, 0.15) is 0 Å². The van der Waals surface area contributed by atoms with E-state index < -0.39 is 6.10 Å². The van der Waals surface area contributed by atoms with Gasteiger partial charge in [0.25, 0.3) is 0 Å². The van der Waals surface area contributed by atoms with Crippen LogP contribution in [0.15, 0.2) is 36.5 Å². The smallest absolute Gasteiger partial charge is 0.220 e. The molecule has 5 heteroatoms. The highest BCUT2D eigenvalue weighted by molar-refractivity contribution is 5.75. The number of rotatable bonds is 6. The maximum atomic E-state index is 11.9. The standard InChI is InChI=1S/C19H27N3O2/c1-19(2,3)15-7-5-14(6-8-15)17(23)9-10-18(24)20-13-16-11-12-21-22(16)4/h5-8,11-12,17,23H,9-10,13H2,1-4H3,(H,20,24)/t17-/m1/s1. The number of carbonyl (C=O) groups is 1. The molecule has 1 amide bonds. The predicted octanol–water partition coefficient (Wildman–Crippen LogP) is 2.85. The normalized spacial score (nSPS) is 12.9. The molecule has 0 radical (unpaired) electrons. The number of aliphatic hydroxyl groups is 1. The van der Waals surface area contributed by atoms with Gasteiger partial charge < -0.3 is 10.4 Å². The molecular formula is C19H27N3O2. The fourth-order valence-corrected chi connectivity index (χ4v) is 2.49. The second-order valence-corrected chi connectivity index (χ2v) is 7.15. The molecule has 0 aliphatic carbocycles. The molecule has 0 saturated heterocycles. The summed E-state index contributed by atoms with van der Waals surface area (Å²) in [7, 11) is 1.84. The van der Waals surface area contributed by atoms with Crippen LogP contribution in [-0.4, -0.2) is 20.8 Å². The van der Waals surface area contributed by atoms with E-state index in [2.05, 4.69) is 31.2 Å². The molecule has 1 atom stereocenters. The van der Waals surface area contributed by atoms with Crippen LogP contribution < -0.4 is 5.32 Å². The fourth-order valence-electron chi connectivity index (χ4n) is 2.49. The van der Waals surface area contributed by atoms with Gasteiger partial charge >= 0.3 is 0 Å². The fraction of sp³-hybridized carbons (Fsp3) is 0.474. The molecule has 1 aromatic carbocycles. The molecule has 130 valence electrons. The maximum Gasteiger partial charge on any atom is 0.220 e. The van der Waals surface area contributed by atoms with Crippen molar-refractivity contribution in [2.75, 3.05) is 0 Å². The molecule has 0 fully saturated rings. The second kappa shape index (κ2) is 7.62. The maximum absolute atomic E-state index is 11.9. The minimum atomic E-state index is -0.624. The lowest BCUT2D eigenvalue weighted by molar-refractivity contribution is -0.121. The van der Waals surface area contributed by atoms with Crippen LogP contribution in [0.5, 0.6) is 0 Å². The summed E-state index contributed by atoms with van der Waals surface area (Å²) in [5.41, 5.74) is 3.12. The lowest BCUT2D eigenvalue weighted by atomic mass is 9.86. The molecule has 0 bridgehead atoms. The molecule has 0 unspecified atom stereocenters. The van der Waals surface area contributed by atoms with E-state index in [-0.39, 0.29) is 11.3 Å². The number of carbonyl (C=O) groups excluding carboxylic acids is 1. The molecule has 0 aliphatic rings. The summed E-state index contributed by atoms with van der Waals surface area (Å²) in [5, 5.41) is 17.2. The molecule has 2 rings (SSSR count). The Morgan fingerprint density at radius 1 is 1.25 bits per heavy atom. The Hall–Kier alpha value is -2.14. The third-order valence-electron chi connectivity index (χ3n) is 4.20. The average molecular weight is 329 g/mol. The van der Waals surface area contributed by atoms with Crippen molar-refractivity contribution in [2.24, 2.45) is 7.05 Å². The number of aliphatic hydroxyl groups excluding tert-OH is 1. The number of nitrogens with one attached hydrogen (secondary N) is 1. The molecule has 2 aromatic rings. The van der Waals surface area contributed by atoms with Gasteiger partial charge in [-0.1, -0.05) is 45.0 Å². The highest BCUT2D eigenvalue weighted by Gasteiger charge is 2.15. The van der Waals surface area contributed by atoms with Crippen LogP contribution >= 0.6 is 0 Å². The predicted molar refractivity (Wildman–Crippen MR) is 94.4 cm³/mol. The summed E-state index contributed by atoms with van der Waals surface area (Å²) in [5.74, 6) is -0.0680. The van der Waals surface area contributed by atoms with Crippen molar-refractivity contribution in [3.05, 3.63) is 53.3 Å². The van der Waals surface area contributed by atoms with Crippen LogP contribution in [0.4, 0.5) is 0 Å². The van der Waals surface area contributed by atoms with Gasteiger partial charge in [-0.3, -0.25) is 9.48 Å². The van der Waals surface area contributed by atoms with E-state index in [1.165, 1.54) is 5.56 Å². The monoisotopic (exact) mass is 329 g/mol. The van der Waals surface area contributed by atoms with E-state index in [9.17, 15) is 9.90 Å². The Morgan fingerprint density at radius 3 is 2.46 bits per heavy atom. The zero-order valence-electron chi connectivity index (χ0n) is 14.9. The van der Waals surface area contributed by atoms with Crippen molar-refractivity contribution in [1.29, 1.82) is 0 Å².